The topological polar surface area (TPSA) is 182 Å². The molecule has 0 unspecified atom stereocenters. The van der Waals surface area contributed by atoms with E-state index in [1.54, 1.807) is 40.5 Å². The van der Waals surface area contributed by atoms with Gasteiger partial charge < -0.3 is 25.4 Å². The number of thiophene rings is 1. The number of thiazole rings is 1. The van der Waals surface area contributed by atoms with Crippen LogP contribution in [0.4, 0.5) is 0 Å². The molecule has 3 N–H and O–H groups in total. The molecule has 1 saturated heterocycles. The molecule has 2 aliphatic rings. The smallest absolute Gasteiger partial charge is 0.246 e. The lowest BCUT2D eigenvalue weighted by Crippen LogP contribution is -2.58. The first-order valence-electron chi connectivity index (χ1n) is 22.9. The zero-order valence-corrected chi connectivity index (χ0v) is 42.6. The minimum absolute atomic E-state index is 0.0538. The Labute approximate surface area is 415 Å². The number of likely N-dealkylation sites (tertiary alicyclic amines) is 1. The number of nitrogens with one attached hydrogen (secondary N) is 2. The van der Waals surface area contributed by atoms with Crippen molar-refractivity contribution in [3.8, 4) is 27.3 Å². The van der Waals surface area contributed by atoms with Gasteiger partial charge in [0.15, 0.2) is 5.82 Å². The molecule has 4 aromatic heterocycles. The Balaban J connectivity index is 0.850. The van der Waals surface area contributed by atoms with Crippen LogP contribution < -0.4 is 10.6 Å². The molecular weight excluding hydrogens is 932 g/mol. The molecule has 5 atom stereocenters. The van der Waals surface area contributed by atoms with E-state index < -0.39 is 34.9 Å². The van der Waals surface area contributed by atoms with E-state index in [1.165, 1.54) is 4.90 Å². The number of rotatable bonds is 13. The van der Waals surface area contributed by atoms with E-state index in [0.29, 0.717) is 18.0 Å². The Kier molecular flexibility index (Phi) is 14.4. The first kappa shape index (κ1) is 49.4. The minimum atomic E-state index is -1.30. The predicted molar refractivity (Wildman–Crippen MR) is 269 cm³/mol. The Morgan fingerprint density at radius 3 is 2.45 bits per heavy atom. The molecule has 0 saturated carbocycles. The highest BCUT2D eigenvalue weighted by Gasteiger charge is 2.49. The van der Waals surface area contributed by atoms with Crippen LogP contribution in [0.1, 0.15) is 117 Å². The second kappa shape index (κ2) is 20.1. The van der Waals surface area contributed by atoms with Crippen molar-refractivity contribution in [1.29, 1.82) is 0 Å². The van der Waals surface area contributed by atoms with Crippen LogP contribution in [-0.2, 0) is 25.7 Å². The fourth-order valence-electron chi connectivity index (χ4n) is 8.72. The number of aliphatic imine (C=N–C) groups is 1. The first-order valence-corrected chi connectivity index (χ1v) is 25.0. The molecule has 18 heteroatoms. The third-order valence-corrected chi connectivity index (χ3v) is 14.8. The van der Waals surface area contributed by atoms with Crippen molar-refractivity contribution < 1.29 is 24.2 Å². The second-order valence-corrected chi connectivity index (χ2v) is 21.4. The molecule has 3 amide bonds. The van der Waals surface area contributed by atoms with E-state index in [-0.39, 0.29) is 44.2 Å². The van der Waals surface area contributed by atoms with Crippen molar-refractivity contribution in [2.75, 3.05) is 19.8 Å². The molecule has 2 aromatic carbocycles. The van der Waals surface area contributed by atoms with E-state index in [1.807, 2.05) is 109 Å². The summed E-state index contributed by atoms with van der Waals surface area (Å²) >= 11 is 9.40. The normalized spacial score (nSPS) is 18.6. The summed E-state index contributed by atoms with van der Waals surface area (Å²) in [5.41, 5.74) is 7.28. The highest BCUT2D eigenvalue weighted by molar-refractivity contribution is 7.15. The van der Waals surface area contributed by atoms with E-state index >= 15 is 0 Å². The zero-order valence-electron chi connectivity index (χ0n) is 40.3. The predicted octanol–water partition coefficient (Wildman–Crippen LogP) is 7.71. The number of aromatic nitrogens is 6. The quantitative estimate of drug-likeness (QED) is 0.0772. The van der Waals surface area contributed by atoms with Crippen LogP contribution in [0.5, 0.6) is 0 Å². The van der Waals surface area contributed by atoms with Crippen molar-refractivity contribution in [1.82, 2.24) is 45.1 Å². The summed E-state index contributed by atoms with van der Waals surface area (Å²) in [6.45, 7) is 17.5. The maximum Gasteiger partial charge on any atom is 0.246 e. The monoisotopic (exact) mass is 988 g/mol. The molecule has 2 aliphatic heterocycles. The summed E-state index contributed by atoms with van der Waals surface area (Å²) in [5.74, 6) is 6.93. The second-order valence-electron chi connectivity index (χ2n) is 19.2. The number of β-amino-alcohol motifs (C(OH)–C–C–N with tert-alkyl or cyclic N) is 1. The molecule has 0 bridgehead atoms. The maximum absolute atomic E-state index is 14.3. The number of carbonyl (C=O) groups excluding carboxylic acids is 3. The minimum Gasteiger partial charge on any atom is -0.388 e. The number of carbonyl (C=O) groups is 3. The van der Waals surface area contributed by atoms with Gasteiger partial charge in [-0.3, -0.25) is 28.6 Å². The van der Waals surface area contributed by atoms with Crippen LogP contribution in [0.15, 0.2) is 71.4 Å². The van der Waals surface area contributed by atoms with Gasteiger partial charge in [-0.15, -0.1) is 32.9 Å². The zero-order chi connectivity index (χ0) is 49.4. The number of hydrogen-bond acceptors (Lipinski definition) is 12. The number of aliphatic hydroxyl groups is 1. The standard InChI is InChI=1S/C51H57ClN10O5S2/c1-29-40(69-49-42(29)43(36-16-18-38(52)19-17-36)55-32(4)46-59-58-33(5)62(46)49)20-11-34-24-54-60(25-34)21-10-22-67-26-41(63)57-45(50(6,7)8)48(65)61-27-51(9,66)23-39(61)47(64)56-30(2)35-12-14-37(15-13-35)44-31(3)53-28-68-44/h12-19,24-25,28,30,32,39,45,66H,10,21-23,26-27H2,1-9H3,(H,56,64)(H,57,63)/t30-,32-,39-,45+,51+/m0/s1. The summed E-state index contributed by atoms with van der Waals surface area (Å²) in [5, 5.41) is 32.0. The average Bonchev–Trinajstić information content (AvgIpc) is 4.14. The molecule has 6 heterocycles. The van der Waals surface area contributed by atoms with Gasteiger partial charge in [-0.25, -0.2) is 4.98 Å². The van der Waals surface area contributed by atoms with Crippen LogP contribution in [0, 0.1) is 38.0 Å². The number of amides is 3. The molecule has 1 fully saturated rings. The van der Waals surface area contributed by atoms with Gasteiger partial charge in [-0.1, -0.05) is 80.6 Å². The van der Waals surface area contributed by atoms with Gasteiger partial charge in [-0.2, -0.15) is 5.10 Å². The SMILES string of the molecule is Cc1ncsc1-c1ccc([C@H](C)NC(=O)[C@@H]2C[C@@](C)(O)CN2C(=O)[C@@H](NC(=O)COCCCn2cc(C#Cc3sc4c(c3C)C(c3ccc(Cl)cc3)=N[C@@H](C)c3nnc(C)n3-4)cn2)C(C)(C)C)cc1. The van der Waals surface area contributed by atoms with E-state index in [0.717, 1.165) is 71.2 Å². The lowest BCUT2D eigenvalue weighted by Gasteiger charge is -2.35. The Hall–Kier alpha value is -6.03. The lowest BCUT2D eigenvalue weighted by molar-refractivity contribution is -0.145. The molecule has 15 nitrogen and oxygen atoms in total. The highest BCUT2D eigenvalue weighted by Crippen LogP contribution is 2.39. The number of aryl methyl sites for hydroxylation is 3. The number of benzene rings is 2. The van der Waals surface area contributed by atoms with Gasteiger partial charge >= 0.3 is 0 Å². The van der Waals surface area contributed by atoms with E-state index in [9.17, 15) is 19.5 Å². The third-order valence-electron chi connectivity index (χ3n) is 12.4. The number of hydrogen-bond donors (Lipinski definition) is 3. The molecule has 69 heavy (non-hydrogen) atoms. The summed E-state index contributed by atoms with van der Waals surface area (Å²) in [4.78, 5) is 54.3. The first-order chi connectivity index (χ1) is 32.8. The Bertz CT molecular complexity index is 2970. The summed E-state index contributed by atoms with van der Waals surface area (Å²) in [6.07, 6.45) is 4.23. The lowest BCUT2D eigenvalue weighted by atomic mass is 9.85. The van der Waals surface area contributed by atoms with Gasteiger partial charge in [0.25, 0.3) is 0 Å². The van der Waals surface area contributed by atoms with Crippen molar-refractivity contribution >= 4 is 57.7 Å². The number of ether oxygens (including phenoxy) is 1. The van der Waals surface area contributed by atoms with E-state index in [4.69, 9.17) is 21.3 Å². The molecule has 8 rings (SSSR count). The Morgan fingerprint density at radius 1 is 1.03 bits per heavy atom. The molecule has 0 aliphatic carbocycles. The van der Waals surface area contributed by atoms with Crippen molar-refractivity contribution in [3.05, 3.63) is 121 Å². The fraction of sp³-hybridized carbons (Fsp3) is 0.412. The van der Waals surface area contributed by atoms with Crippen LogP contribution in [0.25, 0.3) is 15.4 Å². The largest absolute Gasteiger partial charge is 0.388 e. The van der Waals surface area contributed by atoms with Gasteiger partial charge in [0.1, 0.15) is 35.6 Å². The average molecular weight is 990 g/mol. The van der Waals surface area contributed by atoms with Crippen molar-refractivity contribution in [2.24, 2.45) is 10.4 Å². The number of nitrogens with zero attached hydrogens (tertiary/aromatic N) is 8. The molecular formula is C51H57ClN10O5S2. The van der Waals surface area contributed by atoms with Crippen LogP contribution in [0.3, 0.4) is 0 Å². The summed E-state index contributed by atoms with van der Waals surface area (Å²) in [6, 6.07) is 13.2. The van der Waals surface area contributed by atoms with Crippen LogP contribution in [-0.4, -0.2) is 100 Å². The third kappa shape index (κ3) is 10.9. The van der Waals surface area contributed by atoms with Gasteiger partial charge in [0.2, 0.25) is 17.7 Å². The molecule has 6 aromatic rings. The highest BCUT2D eigenvalue weighted by atomic mass is 35.5. The molecule has 0 radical (unpaired) electrons. The number of halogens is 1. The van der Waals surface area contributed by atoms with Crippen LogP contribution >= 0.6 is 34.3 Å². The van der Waals surface area contributed by atoms with Gasteiger partial charge in [0, 0.05) is 41.9 Å². The Morgan fingerprint density at radius 2 is 1.75 bits per heavy atom. The molecule has 0 spiro atoms. The summed E-state index contributed by atoms with van der Waals surface area (Å²) in [7, 11) is 0. The fourth-order valence-corrected chi connectivity index (χ4v) is 10.9. The number of fused-ring (bicyclic) bond motifs is 3. The van der Waals surface area contributed by atoms with E-state index in [2.05, 4.69) is 54.2 Å². The van der Waals surface area contributed by atoms with Crippen molar-refractivity contribution in [3.63, 3.8) is 0 Å². The van der Waals surface area contributed by atoms with Gasteiger partial charge in [0.05, 0.1) is 56.6 Å². The maximum atomic E-state index is 14.3. The van der Waals surface area contributed by atoms with Gasteiger partial charge in [-0.05, 0) is 82.2 Å². The van der Waals surface area contributed by atoms with Crippen molar-refractivity contribution in [2.45, 2.75) is 111 Å². The summed E-state index contributed by atoms with van der Waals surface area (Å²) < 4.78 is 9.63. The van der Waals surface area contributed by atoms with Crippen LogP contribution in [0.2, 0.25) is 5.02 Å². The molecule has 360 valence electrons.